The summed E-state index contributed by atoms with van der Waals surface area (Å²) in [4.78, 5) is 24.4. The largest absolute Gasteiger partial charge is 0.494 e. The first-order valence-electron chi connectivity index (χ1n) is 9.68. The third-order valence-electron chi connectivity index (χ3n) is 4.57. The lowest BCUT2D eigenvalue weighted by Gasteiger charge is -2.20. The maximum absolute atomic E-state index is 13.3. The molecular formula is C22H21ClN2O6S2. The van der Waals surface area contributed by atoms with E-state index in [0.29, 0.717) is 23.7 Å². The van der Waals surface area contributed by atoms with Crippen LogP contribution in [0.25, 0.3) is 0 Å². The minimum Gasteiger partial charge on any atom is -0.494 e. The lowest BCUT2D eigenvalue weighted by atomic mass is 10.2. The Labute approximate surface area is 200 Å². The molecule has 33 heavy (non-hydrogen) atoms. The van der Waals surface area contributed by atoms with Crippen LogP contribution in [0.4, 0.5) is 11.4 Å². The van der Waals surface area contributed by atoms with Gasteiger partial charge in [-0.25, -0.2) is 13.2 Å². The summed E-state index contributed by atoms with van der Waals surface area (Å²) in [7, 11) is -1.47. The Kier molecular flexibility index (Phi) is 7.62. The standard InChI is InChI=1S/C22H21ClN2O6S2/c1-4-31-17-10-8-16(9-11-17)25(2)33(28,29)18-13-19(23)32-20(18)21(26)24-15-7-5-6-14(12-15)22(27)30-3/h5-13H,4H2,1-3H3,(H,24,26). The van der Waals surface area contributed by atoms with Crippen molar-refractivity contribution < 1.29 is 27.5 Å². The van der Waals surface area contributed by atoms with E-state index >= 15 is 0 Å². The van der Waals surface area contributed by atoms with Gasteiger partial charge in [0, 0.05) is 12.7 Å². The van der Waals surface area contributed by atoms with Crippen molar-refractivity contribution in [3.05, 3.63) is 69.4 Å². The van der Waals surface area contributed by atoms with Gasteiger partial charge >= 0.3 is 5.97 Å². The van der Waals surface area contributed by atoms with Crippen molar-refractivity contribution in [1.29, 1.82) is 0 Å². The summed E-state index contributed by atoms with van der Waals surface area (Å²) in [5.41, 5.74) is 0.927. The van der Waals surface area contributed by atoms with Crippen molar-refractivity contribution in [1.82, 2.24) is 0 Å². The van der Waals surface area contributed by atoms with Crippen LogP contribution in [0.3, 0.4) is 0 Å². The van der Waals surface area contributed by atoms with Crippen LogP contribution in [0, 0.1) is 0 Å². The molecule has 174 valence electrons. The van der Waals surface area contributed by atoms with Crippen LogP contribution in [0.2, 0.25) is 4.34 Å². The van der Waals surface area contributed by atoms with Gasteiger partial charge in [0.15, 0.2) is 0 Å². The van der Waals surface area contributed by atoms with Crippen LogP contribution in [0.15, 0.2) is 59.5 Å². The molecule has 1 aromatic heterocycles. The first-order chi connectivity index (χ1) is 15.7. The minimum atomic E-state index is -4.11. The predicted molar refractivity (Wildman–Crippen MR) is 128 cm³/mol. The van der Waals surface area contributed by atoms with Crippen molar-refractivity contribution in [2.45, 2.75) is 11.8 Å². The second-order valence-electron chi connectivity index (χ2n) is 6.67. The molecule has 0 spiro atoms. The number of carbonyl (C=O) groups excluding carboxylic acids is 2. The van der Waals surface area contributed by atoms with Gasteiger partial charge in [0.1, 0.15) is 15.5 Å². The summed E-state index contributed by atoms with van der Waals surface area (Å²) in [5, 5.41) is 2.61. The van der Waals surface area contributed by atoms with Crippen molar-refractivity contribution in [2.24, 2.45) is 0 Å². The highest BCUT2D eigenvalue weighted by Gasteiger charge is 2.30. The molecule has 1 amide bonds. The van der Waals surface area contributed by atoms with E-state index in [0.717, 1.165) is 15.6 Å². The zero-order chi connectivity index (χ0) is 24.2. The number of amides is 1. The maximum atomic E-state index is 13.3. The first kappa shape index (κ1) is 24.6. The normalized spacial score (nSPS) is 11.0. The fourth-order valence-electron chi connectivity index (χ4n) is 2.93. The quantitative estimate of drug-likeness (QED) is 0.444. The molecule has 2 aromatic carbocycles. The number of halogens is 1. The summed E-state index contributed by atoms with van der Waals surface area (Å²) >= 11 is 6.93. The molecule has 0 aliphatic heterocycles. The fourth-order valence-corrected chi connectivity index (χ4v) is 5.81. The summed E-state index contributed by atoms with van der Waals surface area (Å²) in [6.07, 6.45) is 0. The molecule has 11 heteroatoms. The predicted octanol–water partition coefficient (Wildman–Crippen LogP) is 4.66. The van der Waals surface area contributed by atoms with E-state index in [9.17, 15) is 18.0 Å². The molecule has 3 aromatic rings. The average molecular weight is 509 g/mol. The van der Waals surface area contributed by atoms with Crippen LogP contribution < -0.4 is 14.4 Å². The smallest absolute Gasteiger partial charge is 0.337 e. The highest BCUT2D eigenvalue weighted by atomic mass is 35.5. The van der Waals surface area contributed by atoms with E-state index in [2.05, 4.69) is 10.1 Å². The topological polar surface area (TPSA) is 102 Å². The number of hydrogen-bond acceptors (Lipinski definition) is 7. The van der Waals surface area contributed by atoms with E-state index in [1.807, 2.05) is 6.92 Å². The molecule has 3 rings (SSSR count). The van der Waals surface area contributed by atoms with Crippen molar-refractivity contribution in [3.8, 4) is 5.75 Å². The number of benzene rings is 2. The van der Waals surface area contributed by atoms with Gasteiger partial charge in [-0.3, -0.25) is 9.10 Å². The van der Waals surface area contributed by atoms with Gasteiger partial charge in [0.25, 0.3) is 15.9 Å². The van der Waals surface area contributed by atoms with Gasteiger partial charge < -0.3 is 14.8 Å². The molecule has 1 heterocycles. The molecule has 0 aliphatic rings. The summed E-state index contributed by atoms with van der Waals surface area (Å²) in [6, 6.07) is 13.9. The van der Waals surface area contributed by atoms with Crippen LogP contribution in [0.5, 0.6) is 5.75 Å². The average Bonchev–Trinajstić information content (AvgIpc) is 3.21. The molecule has 0 atom stereocenters. The van der Waals surface area contributed by atoms with Gasteiger partial charge in [-0.15, -0.1) is 11.3 Å². The number of hydrogen-bond donors (Lipinski definition) is 1. The number of esters is 1. The Morgan fingerprint density at radius 3 is 2.45 bits per heavy atom. The Balaban J connectivity index is 1.90. The molecule has 8 nitrogen and oxygen atoms in total. The van der Waals surface area contributed by atoms with E-state index in [-0.39, 0.29) is 19.7 Å². The number of rotatable bonds is 8. The SMILES string of the molecule is CCOc1ccc(N(C)S(=O)(=O)c2cc(Cl)sc2C(=O)Nc2cccc(C(=O)OC)c2)cc1. The molecule has 1 N–H and O–H groups in total. The highest BCUT2D eigenvalue weighted by molar-refractivity contribution is 7.93. The monoisotopic (exact) mass is 508 g/mol. The van der Waals surface area contributed by atoms with Gasteiger partial charge in [0.05, 0.1) is 29.3 Å². The molecule has 0 fully saturated rings. The van der Waals surface area contributed by atoms with Gasteiger partial charge in [0.2, 0.25) is 0 Å². The van der Waals surface area contributed by atoms with Crippen LogP contribution in [-0.2, 0) is 14.8 Å². The number of nitrogens with zero attached hydrogens (tertiary/aromatic N) is 1. The summed E-state index contributed by atoms with van der Waals surface area (Å²) in [6.45, 7) is 2.34. The van der Waals surface area contributed by atoms with Crippen LogP contribution >= 0.6 is 22.9 Å². The molecule has 0 unspecified atom stereocenters. The Hall–Kier alpha value is -3.08. The van der Waals surface area contributed by atoms with E-state index in [4.69, 9.17) is 16.3 Å². The Morgan fingerprint density at radius 2 is 1.82 bits per heavy atom. The number of methoxy groups -OCH3 is 1. The van der Waals surface area contributed by atoms with Gasteiger partial charge in [-0.2, -0.15) is 0 Å². The Bertz CT molecular complexity index is 1270. The minimum absolute atomic E-state index is 0.0822. The molecule has 0 aliphatic carbocycles. The molecule has 0 radical (unpaired) electrons. The molecule has 0 bridgehead atoms. The van der Waals surface area contributed by atoms with E-state index in [1.54, 1.807) is 36.4 Å². The highest BCUT2D eigenvalue weighted by Crippen LogP contribution is 2.34. The number of sulfonamides is 1. The van der Waals surface area contributed by atoms with E-state index < -0.39 is 21.9 Å². The molecular weight excluding hydrogens is 488 g/mol. The number of thiophene rings is 1. The van der Waals surface area contributed by atoms with Crippen LogP contribution in [-0.4, -0.2) is 41.1 Å². The second-order valence-corrected chi connectivity index (χ2v) is 10.3. The Morgan fingerprint density at radius 1 is 1.12 bits per heavy atom. The summed E-state index contributed by atoms with van der Waals surface area (Å²) in [5.74, 6) is -0.627. The zero-order valence-corrected chi connectivity index (χ0v) is 20.4. The summed E-state index contributed by atoms with van der Waals surface area (Å²) < 4.78 is 37.9. The number of carbonyl (C=O) groups is 2. The van der Waals surface area contributed by atoms with Crippen molar-refractivity contribution >= 4 is 56.2 Å². The number of ether oxygens (including phenoxy) is 2. The molecule has 0 saturated heterocycles. The van der Waals surface area contributed by atoms with Gasteiger partial charge in [-0.05, 0) is 55.5 Å². The second kappa shape index (κ2) is 10.2. The van der Waals surface area contributed by atoms with Gasteiger partial charge in [-0.1, -0.05) is 17.7 Å². The van der Waals surface area contributed by atoms with E-state index in [1.165, 1.54) is 32.4 Å². The first-order valence-corrected chi connectivity index (χ1v) is 12.3. The third-order valence-corrected chi connectivity index (χ3v) is 7.77. The lowest BCUT2D eigenvalue weighted by Crippen LogP contribution is -2.28. The molecule has 0 saturated carbocycles. The zero-order valence-electron chi connectivity index (χ0n) is 18.0. The maximum Gasteiger partial charge on any atom is 0.337 e. The van der Waals surface area contributed by atoms with Crippen LogP contribution in [0.1, 0.15) is 27.0 Å². The fraction of sp³-hybridized carbons (Fsp3) is 0.182. The number of nitrogens with one attached hydrogen (secondary N) is 1. The van der Waals surface area contributed by atoms with Crippen molar-refractivity contribution in [2.75, 3.05) is 30.4 Å². The third kappa shape index (κ3) is 5.47. The van der Waals surface area contributed by atoms with Crippen molar-refractivity contribution in [3.63, 3.8) is 0 Å². The lowest BCUT2D eigenvalue weighted by molar-refractivity contribution is 0.0600. The number of anilines is 2.